The molecule has 0 spiro atoms. The van der Waals surface area contributed by atoms with Gasteiger partial charge in [-0.15, -0.1) is 0 Å². The van der Waals surface area contributed by atoms with Gasteiger partial charge in [0.1, 0.15) is 5.75 Å². The lowest BCUT2D eigenvalue weighted by Crippen LogP contribution is -2.04. The molecule has 0 bridgehead atoms. The van der Waals surface area contributed by atoms with Crippen LogP contribution < -0.4 is 4.74 Å². The van der Waals surface area contributed by atoms with E-state index in [9.17, 15) is 0 Å². The van der Waals surface area contributed by atoms with E-state index in [1.54, 1.807) is 7.11 Å². The lowest BCUT2D eigenvalue weighted by Gasteiger charge is -2.08. The van der Waals surface area contributed by atoms with Crippen LogP contribution in [0.1, 0.15) is 0 Å². The highest BCUT2D eigenvalue weighted by molar-refractivity contribution is 7.97. The summed E-state index contributed by atoms with van der Waals surface area (Å²) in [6.45, 7) is 0. The molecular formula is C19H16ClOS+. The van der Waals surface area contributed by atoms with Gasteiger partial charge in [-0.1, -0.05) is 29.8 Å². The first kappa shape index (κ1) is 15.0. The summed E-state index contributed by atoms with van der Waals surface area (Å²) in [4.78, 5) is 3.80. The smallest absolute Gasteiger partial charge is 0.166 e. The summed E-state index contributed by atoms with van der Waals surface area (Å²) in [7, 11) is 1.54. The van der Waals surface area contributed by atoms with Crippen LogP contribution in [0.5, 0.6) is 5.75 Å². The molecule has 0 aliphatic heterocycles. The van der Waals surface area contributed by atoms with Gasteiger partial charge in [0.2, 0.25) is 0 Å². The third-order valence-electron chi connectivity index (χ3n) is 3.32. The fourth-order valence-corrected chi connectivity index (χ4v) is 4.44. The van der Waals surface area contributed by atoms with Crippen LogP contribution in [0.25, 0.3) is 0 Å². The number of hydrogen-bond acceptors (Lipinski definition) is 1. The Labute approximate surface area is 138 Å². The van der Waals surface area contributed by atoms with Gasteiger partial charge < -0.3 is 4.74 Å². The molecule has 0 saturated carbocycles. The highest BCUT2D eigenvalue weighted by Crippen LogP contribution is 2.32. The average molecular weight is 328 g/mol. The van der Waals surface area contributed by atoms with Gasteiger partial charge in [0.15, 0.2) is 14.7 Å². The second-order valence-electron chi connectivity index (χ2n) is 4.75. The molecule has 3 aromatic rings. The Kier molecular flexibility index (Phi) is 4.71. The fraction of sp³-hybridized carbons (Fsp3) is 0.0526. The second kappa shape index (κ2) is 6.91. The lowest BCUT2D eigenvalue weighted by atomic mass is 10.3. The molecule has 0 N–H and O–H groups in total. The zero-order valence-electron chi connectivity index (χ0n) is 12.2. The standard InChI is InChI=1S/C19H16ClOS/c1-21-16-9-13-19(14-10-16)22(17-5-3-2-4-6-17)18-11-7-15(20)8-12-18/h2-14H,1H3/q+1. The van der Waals surface area contributed by atoms with Crippen LogP contribution in [-0.2, 0) is 10.9 Å². The molecule has 0 radical (unpaired) electrons. The molecule has 0 aliphatic rings. The van der Waals surface area contributed by atoms with E-state index in [4.69, 9.17) is 16.3 Å². The molecule has 0 aromatic heterocycles. The quantitative estimate of drug-likeness (QED) is 0.579. The van der Waals surface area contributed by atoms with Crippen molar-refractivity contribution in [2.45, 2.75) is 14.7 Å². The lowest BCUT2D eigenvalue weighted by molar-refractivity contribution is 0.414. The van der Waals surface area contributed by atoms with E-state index < -0.39 is 0 Å². The third-order valence-corrected chi connectivity index (χ3v) is 5.81. The number of rotatable bonds is 4. The van der Waals surface area contributed by atoms with E-state index in [1.165, 1.54) is 14.7 Å². The third kappa shape index (κ3) is 3.29. The van der Waals surface area contributed by atoms with E-state index in [0.29, 0.717) is 0 Å². The van der Waals surface area contributed by atoms with Crippen molar-refractivity contribution in [3.8, 4) is 5.75 Å². The van der Waals surface area contributed by atoms with Crippen molar-refractivity contribution in [3.05, 3.63) is 83.9 Å². The minimum absolute atomic E-state index is 0.147. The van der Waals surface area contributed by atoms with E-state index in [0.717, 1.165) is 10.8 Å². The van der Waals surface area contributed by atoms with Gasteiger partial charge >= 0.3 is 0 Å². The van der Waals surface area contributed by atoms with Crippen molar-refractivity contribution in [3.63, 3.8) is 0 Å². The highest BCUT2D eigenvalue weighted by Gasteiger charge is 2.28. The summed E-state index contributed by atoms with van der Waals surface area (Å²) in [6.07, 6.45) is 0. The summed E-state index contributed by atoms with van der Waals surface area (Å²) in [6, 6.07) is 26.9. The Morgan fingerprint density at radius 2 is 1.18 bits per heavy atom. The second-order valence-corrected chi connectivity index (χ2v) is 7.21. The van der Waals surface area contributed by atoms with E-state index in [1.807, 2.05) is 30.3 Å². The van der Waals surface area contributed by atoms with Gasteiger partial charge in [-0.05, 0) is 60.7 Å². The van der Waals surface area contributed by atoms with Crippen molar-refractivity contribution in [1.82, 2.24) is 0 Å². The predicted octanol–water partition coefficient (Wildman–Crippen LogP) is 5.44. The molecular weight excluding hydrogens is 312 g/mol. The first-order valence-corrected chi connectivity index (χ1v) is 8.57. The largest absolute Gasteiger partial charge is 0.497 e. The first-order chi connectivity index (χ1) is 10.8. The molecule has 1 unspecified atom stereocenters. The Bertz CT molecular complexity index is 724. The summed E-state index contributed by atoms with van der Waals surface area (Å²) in [5.74, 6) is 0.872. The average Bonchev–Trinajstić information content (AvgIpc) is 2.58. The molecule has 22 heavy (non-hydrogen) atoms. The fourth-order valence-electron chi connectivity index (χ4n) is 2.25. The maximum atomic E-state index is 6.03. The van der Waals surface area contributed by atoms with Crippen LogP contribution in [0.3, 0.4) is 0 Å². The number of ether oxygens (including phenoxy) is 1. The van der Waals surface area contributed by atoms with Gasteiger partial charge in [-0.2, -0.15) is 0 Å². The number of methoxy groups -OCH3 is 1. The minimum atomic E-state index is -0.147. The monoisotopic (exact) mass is 327 g/mol. The molecule has 3 rings (SSSR count). The Morgan fingerprint density at radius 1 is 0.682 bits per heavy atom. The van der Waals surface area contributed by atoms with Crippen molar-refractivity contribution < 1.29 is 4.74 Å². The van der Waals surface area contributed by atoms with Gasteiger partial charge in [-0.25, -0.2) is 0 Å². The van der Waals surface area contributed by atoms with Gasteiger partial charge in [-0.3, -0.25) is 0 Å². The molecule has 110 valence electrons. The Balaban J connectivity index is 2.07. The van der Waals surface area contributed by atoms with E-state index in [2.05, 4.69) is 48.5 Å². The maximum absolute atomic E-state index is 6.03. The number of benzene rings is 3. The molecule has 1 atom stereocenters. The maximum Gasteiger partial charge on any atom is 0.166 e. The van der Waals surface area contributed by atoms with Crippen molar-refractivity contribution in [2.75, 3.05) is 7.11 Å². The molecule has 0 heterocycles. The van der Waals surface area contributed by atoms with E-state index >= 15 is 0 Å². The summed E-state index contributed by atoms with van der Waals surface area (Å²) in [5, 5.41) is 0.759. The van der Waals surface area contributed by atoms with Gasteiger partial charge in [0.25, 0.3) is 0 Å². The van der Waals surface area contributed by atoms with Crippen LogP contribution in [0, 0.1) is 0 Å². The molecule has 0 saturated heterocycles. The zero-order valence-corrected chi connectivity index (χ0v) is 13.8. The number of halogens is 1. The Hall–Kier alpha value is -1.90. The molecule has 3 aromatic carbocycles. The normalized spacial score (nSPS) is 11.9. The summed E-state index contributed by atoms with van der Waals surface area (Å²) in [5.41, 5.74) is 0. The molecule has 3 heteroatoms. The highest BCUT2D eigenvalue weighted by atomic mass is 35.5. The SMILES string of the molecule is COc1ccc([S+](c2ccccc2)c2ccc(Cl)cc2)cc1. The Morgan fingerprint density at radius 3 is 1.73 bits per heavy atom. The number of hydrogen-bond donors (Lipinski definition) is 0. The first-order valence-electron chi connectivity index (χ1n) is 6.97. The van der Waals surface area contributed by atoms with Gasteiger partial charge in [0.05, 0.1) is 18.0 Å². The predicted molar refractivity (Wildman–Crippen MR) is 93.1 cm³/mol. The molecule has 0 aliphatic carbocycles. The van der Waals surface area contributed by atoms with E-state index in [-0.39, 0.29) is 10.9 Å². The minimum Gasteiger partial charge on any atom is -0.497 e. The molecule has 1 nitrogen and oxygen atoms in total. The van der Waals surface area contributed by atoms with Crippen molar-refractivity contribution in [2.24, 2.45) is 0 Å². The van der Waals surface area contributed by atoms with Crippen LogP contribution in [0.4, 0.5) is 0 Å². The van der Waals surface area contributed by atoms with Crippen LogP contribution in [-0.4, -0.2) is 7.11 Å². The van der Waals surface area contributed by atoms with Crippen molar-refractivity contribution >= 4 is 22.5 Å². The van der Waals surface area contributed by atoms with Crippen LogP contribution in [0.2, 0.25) is 5.02 Å². The summed E-state index contributed by atoms with van der Waals surface area (Å²) < 4.78 is 5.26. The summed E-state index contributed by atoms with van der Waals surface area (Å²) >= 11 is 6.03. The van der Waals surface area contributed by atoms with Crippen LogP contribution in [0.15, 0.2) is 93.5 Å². The van der Waals surface area contributed by atoms with Crippen molar-refractivity contribution in [1.29, 1.82) is 0 Å². The topological polar surface area (TPSA) is 9.23 Å². The van der Waals surface area contributed by atoms with Gasteiger partial charge in [0, 0.05) is 5.02 Å². The zero-order chi connectivity index (χ0) is 15.4. The van der Waals surface area contributed by atoms with Crippen LogP contribution >= 0.6 is 11.6 Å². The molecule has 0 amide bonds. The molecule has 0 fully saturated rings.